The van der Waals surface area contributed by atoms with Gasteiger partial charge in [0.05, 0.1) is 4.90 Å². The summed E-state index contributed by atoms with van der Waals surface area (Å²) in [5.74, 6) is 0.542. The standard InChI is InChI=1S/C13H18N2O4S2/c1-2-14-21(18,19)11-5-3-10(4-6-11)15-7-8-20-9-12(15)13(16)17/h3-6,12,14H,2,7-9H2,1H3,(H,16,17). The smallest absolute Gasteiger partial charge is 0.327 e. The Bertz CT molecular complexity index is 601. The number of hydrogen-bond acceptors (Lipinski definition) is 5. The molecular weight excluding hydrogens is 312 g/mol. The Morgan fingerprint density at radius 3 is 2.67 bits per heavy atom. The van der Waals surface area contributed by atoms with Crippen LogP contribution in [0, 0.1) is 0 Å². The first kappa shape index (κ1) is 16.1. The quantitative estimate of drug-likeness (QED) is 0.837. The Hall–Kier alpha value is -1.25. The SMILES string of the molecule is CCNS(=O)(=O)c1ccc(N2CCSCC2C(=O)O)cc1. The van der Waals surface area contributed by atoms with Gasteiger partial charge in [0.25, 0.3) is 0 Å². The molecule has 21 heavy (non-hydrogen) atoms. The average molecular weight is 330 g/mol. The minimum atomic E-state index is -3.48. The summed E-state index contributed by atoms with van der Waals surface area (Å²) in [7, 11) is -3.48. The van der Waals surface area contributed by atoms with Gasteiger partial charge in [-0.15, -0.1) is 0 Å². The normalized spacial score (nSPS) is 19.5. The van der Waals surface area contributed by atoms with Gasteiger partial charge in [0.1, 0.15) is 6.04 Å². The van der Waals surface area contributed by atoms with E-state index in [1.165, 1.54) is 12.1 Å². The van der Waals surface area contributed by atoms with Gasteiger partial charge in [-0.2, -0.15) is 11.8 Å². The number of aliphatic carboxylic acids is 1. The van der Waals surface area contributed by atoms with Crippen LogP contribution in [0.15, 0.2) is 29.2 Å². The molecule has 2 N–H and O–H groups in total. The Morgan fingerprint density at radius 1 is 1.43 bits per heavy atom. The van der Waals surface area contributed by atoms with Crippen LogP contribution in [-0.4, -0.2) is 50.1 Å². The third-order valence-electron chi connectivity index (χ3n) is 3.23. The van der Waals surface area contributed by atoms with E-state index in [0.717, 1.165) is 11.4 Å². The van der Waals surface area contributed by atoms with Crippen LogP contribution in [0.4, 0.5) is 5.69 Å². The Labute approximate surface area is 128 Å². The molecule has 8 heteroatoms. The molecule has 1 saturated heterocycles. The number of carbonyl (C=O) groups is 1. The molecule has 6 nitrogen and oxygen atoms in total. The number of hydrogen-bond donors (Lipinski definition) is 2. The number of anilines is 1. The number of thioether (sulfide) groups is 1. The monoisotopic (exact) mass is 330 g/mol. The highest BCUT2D eigenvalue weighted by molar-refractivity contribution is 7.99. The molecule has 0 bridgehead atoms. The Kier molecular flexibility index (Phi) is 5.13. The van der Waals surface area contributed by atoms with Crippen LogP contribution in [-0.2, 0) is 14.8 Å². The van der Waals surface area contributed by atoms with Crippen LogP contribution in [0.5, 0.6) is 0 Å². The minimum Gasteiger partial charge on any atom is -0.480 e. The molecule has 0 radical (unpaired) electrons. The molecule has 1 aliphatic rings. The molecule has 1 atom stereocenters. The molecule has 0 amide bonds. The topological polar surface area (TPSA) is 86.7 Å². The predicted octanol–water partition coefficient (Wildman–Crippen LogP) is 0.991. The molecule has 1 aliphatic heterocycles. The number of benzene rings is 1. The van der Waals surface area contributed by atoms with Crippen LogP contribution in [0.3, 0.4) is 0 Å². The van der Waals surface area contributed by atoms with Crippen LogP contribution < -0.4 is 9.62 Å². The summed E-state index contributed by atoms with van der Waals surface area (Å²) in [5, 5.41) is 9.26. The van der Waals surface area contributed by atoms with E-state index >= 15 is 0 Å². The van der Waals surface area contributed by atoms with Gasteiger partial charge in [0.15, 0.2) is 0 Å². The van der Waals surface area contributed by atoms with Gasteiger partial charge in [-0.25, -0.2) is 17.9 Å². The highest BCUT2D eigenvalue weighted by Gasteiger charge is 2.29. The first-order chi connectivity index (χ1) is 9.95. The lowest BCUT2D eigenvalue weighted by molar-refractivity contribution is -0.138. The van der Waals surface area contributed by atoms with Crippen molar-refractivity contribution in [1.82, 2.24) is 4.72 Å². The number of nitrogens with one attached hydrogen (secondary N) is 1. The largest absolute Gasteiger partial charge is 0.480 e. The molecular formula is C13H18N2O4S2. The summed E-state index contributed by atoms with van der Waals surface area (Å²) in [4.78, 5) is 13.3. The molecule has 0 aromatic heterocycles. The summed E-state index contributed by atoms with van der Waals surface area (Å²) < 4.78 is 26.2. The second kappa shape index (κ2) is 6.67. The molecule has 116 valence electrons. The van der Waals surface area contributed by atoms with E-state index in [4.69, 9.17) is 0 Å². The van der Waals surface area contributed by atoms with Crippen molar-refractivity contribution in [3.05, 3.63) is 24.3 Å². The van der Waals surface area contributed by atoms with Crippen LogP contribution in [0.2, 0.25) is 0 Å². The summed E-state index contributed by atoms with van der Waals surface area (Å²) in [6.45, 7) is 2.68. The Balaban J connectivity index is 2.24. The third-order valence-corrected chi connectivity index (χ3v) is 5.81. The fourth-order valence-electron chi connectivity index (χ4n) is 2.21. The first-order valence-corrected chi connectivity index (χ1v) is 9.26. The zero-order valence-electron chi connectivity index (χ0n) is 11.7. The van der Waals surface area contributed by atoms with E-state index < -0.39 is 22.0 Å². The van der Waals surface area contributed by atoms with Gasteiger partial charge in [0, 0.05) is 30.3 Å². The molecule has 0 aliphatic carbocycles. The van der Waals surface area contributed by atoms with Crippen molar-refractivity contribution in [3.8, 4) is 0 Å². The predicted molar refractivity (Wildman–Crippen MR) is 83.4 cm³/mol. The zero-order valence-corrected chi connectivity index (χ0v) is 13.3. The maximum atomic E-state index is 11.9. The Morgan fingerprint density at radius 2 is 2.10 bits per heavy atom. The van der Waals surface area contributed by atoms with E-state index in [0.29, 0.717) is 18.8 Å². The lowest BCUT2D eigenvalue weighted by Crippen LogP contribution is -2.47. The molecule has 0 saturated carbocycles. The third kappa shape index (κ3) is 3.69. The van der Waals surface area contributed by atoms with Crippen LogP contribution >= 0.6 is 11.8 Å². The van der Waals surface area contributed by atoms with Crippen molar-refractivity contribution in [1.29, 1.82) is 0 Å². The summed E-state index contributed by atoms with van der Waals surface area (Å²) in [6.07, 6.45) is 0. The van der Waals surface area contributed by atoms with Gasteiger partial charge < -0.3 is 10.0 Å². The summed E-state index contributed by atoms with van der Waals surface area (Å²) >= 11 is 1.62. The second-order valence-electron chi connectivity index (χ2n) is 4.62. The highest BCUT2D eigenvalue weighted by Crippen LogP contribution is 2.25. The number of carboxylic acid groups (broad SMARTS) is 1. The molecule has 1 fully saturated rings. The van der Waals surface area contributed by atoms with Gasteiger partial charge in [0.2, 0.25) is 10.0 Å². The molecule has 1 unspecified atom stereocenters. The maximum absolute atomic E-state index is 11.9. The number of nitrogens with zero attached hydrogens (tertiary/aromatic N) is 1. The number of carboxylic acids is 1. The number of sulfonamides is 1. The minimum absolute atomic E-state index is 0.186. The van der Waals surface area contributed by atoms with E-state index in [-0.39, 0.29) is 4.90 Å². The summed E-state index contributed by atoms with van der Waals surface area (Å²) in [5.41, 5.74) is 0.734. The second-order valence-corrected chi connectivity index (χ2v) is 7.53. The molecule has 1 aromatic rings. The average Bonchev–Trinajstić information content (AvgIpc) is 2.47. The van der Waals surface area contributed by atoms with Crippen LogP contribution in [0.1, 0.15) is 6.92 Å². The van der Waals surface area contributed by atoms with Crippen molar-refractivity contribution in [2.24, 2.45) is 0 Å². The molecule has 1 aromatic carbocycles. The fourth-order valence-corrected chi connectivity index (χ4v) is 4.29. The van der Waals surface area contributed by atoms with Gasteiger partial charge in [-0.05, 0) is 24.3 Å². The lowest BCUT2D eigenvalue weighted by atomic mass is 10.2. The van der Waals surface area contributed by atoms with Gasteiger partial charge in [-0.1, -0.05) is 6.92 Å². The van der Waals surface area contributed by atoms with E-state index in [1.54, 1.807) is 30.8 Å². The molecule has 2 rings (SSSR count). The molecule has 0 spiro atoms. The van der Waals surface area contributed by atoms with E-state index in [2.05, 4.69) is 4.72 Å². The van der Waals surface area contributed by atoms with Gasteiger partial charge >= 0.3 is 5.97 Å². The van der Waals surface area contributed by atoms with Crippen molar-refractivity contribution < 1.29 is 18.3 Å². The fraction of sp³-hybridized carbons (Fsp3) is 0.462. The van der Waals surface area contributed by atoms with Gasteiger partial charge in [-0.3, -0.25) is 0 Å². The van der Waals surface area contributed by atoms with Crippen molar-refractivity contribution >= 4 is 33.4 Å². The van der Waals surface area contributed by atoms with E-state index in [1.807, 2.05) is 4.90 Å². The first-order valence-electron chi connectivity index (χ1n) is 6.62. The van der Waals surface area contributed by atoms with Crippen molar-refractivity contribution in [3.63, 3.8) is 0 Å². The molecule has 1 heterocycles. The van der Waals surface area contributed by atoms with E-state index in [9.17, 15) is 18.3 Å². The highest BCUT2D eigenvalue weighted by atomic mass is 32.2. The lowest BCUT2D eigenvalue weighted by Gasteiger charge is -2.34. The van der Waals surface area contributed by atoms with Crippen LogP contribution in [0.25, 0.3) is 0 Å². The summed E-state index contributed by atoms with van der Waals surface area (Å²) in [6, 6.07) is 5.77. The zero-order chi connectivity index (χ0) is 15.5. The maximum Gasteiger partial charge on any atom is 0.327 e. The number of rotatable bonds is 5. The van der Waals surface area contributed by atoms with Crippen molar-refractivity contribution in [2.45, 2.75) is 17.9 Å². The van der Waals surface area contributed by atoms with Crippen molar-refractivity contribution in [2.75, 3.05) is 29.5 Å².